The van der Waals surface area contributed by atoms with Crippen LogP contribution in [0.15, 0.2) is 65.8 Å². The first-order valence-corrected chi connectivity index (χ1v) is 15.3. The molecule has 0 radical (unpaired) electrons. The molecule has 2 aromatic carbocycles. The summed E-state index contributed by atoms with van der Waals surface area (Å²) in [7, 11) is 0. The third-order valence-corrected chi connectivity index (χ3v) is 10.3. The predicted octanol–water partition coefficient (Wildman–Crippen LogP) is 5.48. The number of nitrogens with two attached hydrogens (primary N) is 1. The number of carbonyl (C=O) groups excluding carboxylic acids is 2. The Kier molecular flexibility index (Phi) is 5.21. The number of benzene rings is 2. The maximum Gasteiger partial charge on any atom is 0.277 e. The van der Waals surface area contributed by atoms with Crippen LogP contribution in [0.5, 0.6) is 0 Å². The van der Waals surface area contributed by atoms with Gasteiger partial charge in [-0.15, -0.1) is 0 Å². The third kappa shape index (κ3) is 3.79. The normalized spacial score (nSPS) is 22.4. The second-order valence-electron chi connectivity index (χ2n) is 12.9. The highest BCUT2D eigenvalue weighted by Gasteiger charge is 2.46. The molecule has 2 aliphatic carbocycles. The molecule has 3 fully saturated rings. The Labute approximate surface area is 248 Å². The van der Waals surface area contributed by atoms with Crippen LogP contribution in [0, 0.1) is 18.8 Å². The quantitative estimate of drug-likeness (QED) is 0.304. The highest BCUT2D eigenvalue weighted by Crippen LogP contribution is 2.40. The summed E-state index contributed by atoms with van der Waals surface area (Å²) in [6.45, 7) is 3.81. The average molecular weight is 569 g/mol. The van der Waals surface area contributed by atoms with E-state index < -0.39 is 0 Å². The molecular formula is C35H32N6O2. The van der Waals surface area contributed by atoms with Crippen LogP contribution < -0.4 is 5.73 Å². The summed E-state index contributed by atoms with van der Waals surface area (Å²) in [6, 6.07) is 19.0. The largest absolute Gasteiger partial charge is 0.339 e. The van der Waals surface area contributed by atoms with Crippen molar-refractivity contribution in [3.8, 4) is 22.5 Å². The number of rotatable bonds is 5. The number of fused-ring (bicyclic) bond motifs is 5. The standard InChI is InChI=1S/C35H32N6O2/c1-19-28-10-9-26(35(43)40-17-25-8-11-29(40)32(25)36)18-41(28)38-33(19)31-14-23-6-4-22(13-30(23)39(31)16-20-2-3-20)21-5-7-24-15-37-34(42)27(24)12-21/h4-7,9-10,12-15,18,20,25,29,32H,2-3,8,11,16-17,36H2,1H3/t25?,29?,32-/m1/s1. The van der Waals surface area contributed by atoms with E-state index in [9.17, 15) is 9.59 Å². The van der Waals surface area contributed by atoms with Crippen LogP contribution >= 0.6 is 0 Å². The number of aryl methyl sites for hydroxylation is 1. The number of hydrogen-bond donors (Lipinski definition) is 1. The maximum absolute atomic E-state index is 13.5. The van der Waals surface area contributed by atoms with E-state index in [1.165, 1.54) is 12.8 Å². The van der Waals surface area contributed by atoms with E-state index in [0.717, 1.165) is 76.0 Å². The van der Waals surface area contributed by atoms with Crippen LogP contribution in [0.2, 0.25) is 0 Å². The van der Waals surface area contributed by atoms with Gasteiger partial charge < -0.3 is 15.2 Å². The lowest BCUT2D eigenvalue weighted by Gasteiger charge is -2.27. The van der Waals surface area contributed by atoms with E-state index in [0.29, 0.717) is 23.0 Å². The van der Waals surface area contributed by atoms with Gasteiger partial charge in [0.15, 0.2) is 0 Å². The topological polar surface area (TPSA) is 98.0 Å². The molecule has 214 valence electrons. The summed E-state index contributed by atoms with van der Waals surface area (Å²) in [6.07, 6.45) is 8.12. The van der Waals surface area contributed by atoms with Crippen molar-refractivity contribution in [3.63, 3.8) is 0 Å². The van der Waals surface area contributed by atoms with Crippen molar-refractivity contribution in [1.29, 1.82) is 0 Å². The number of hydrogen-bond acceptors (Lipinski definition) is 4. The molecule has 3 aromatic heterocycles. The molecule has 9 rings (SSSR count). The molecule has 1 saturated heterocycles. The lowest BCUT2D eigenvalue weighted by atomic mass is 9.99. The number of aromatic nitrogens is 3. The van der Waals surface area contributed by atoms with E-state index in [1.807, 2.05) is 39.9 Å². The zero-order valence-electron chi connectivity index (χ0n) is 24.0. The Hall–Kier alpha value is -4.56. The summed E-state index contributed by atoms with van der Waals surface area (Å²) in [4.78, 5) is 31.7. The molecular weight excluding hydrogens is 536 g/mol. The van der Waals surface area contributed by atoms with Crippen molar-refractivity contribution in [2.75, 3.05) is 6.54 Å². The first kappa shape index (κ1) is 25.0. The number of nitrogens with zero attached hydrogens (tertiary/aromatic N) is 5. The summed E-state index contributed by atoms with van der Waals surface area (Å²) < 4.78 is 4.29. The maximum atomic E-state index is 13.5. The van der Waals surface area contributed by atoms with Crippen LogP contribution in [0.3, 0.4) is 0 Å². The molecule has 8 heteroatoms. The smallest absolute Gasteiger partial charge is 0.277 e. The highest BCUT2D eigenvalue weighted by molar-refractivity contribution is 6.13. The fourth-order valence-corrected chi connectivity index (χ4v) is 7.61. The van der Waals surface area contributed by atoms with Gasteiger partial charge in [-0.2, -0.15) is 5.10 Å². The van der Waals surface area contributed by atoms with Gasteiger partial charge >= 0.3 is 0 Å². The SMILES string of the molecule is Cc1c(-c2cc3ccc(-c4ccc5c(c4)C(=O)N=C5)cc3n2CC2CC2)nn2cc(C(=O)N3CC4CCC3[C@@H]4N)ccc12. The van der Waals surface area contributed by atoms with Gasteiger partial charge in [-0.25, -0.2) is 9.51 Å². The van der Waals surface area contributed by atoms with Crippen molar-refractivity contribution in [3.05, 3.63) is 83.0 Å². The first-order chi connectivity index (χ1) is 20.9. The average Bonchev–Trinajstić information content (AvgIpc) is 3.23. The van der Waals surface area contributed by atoms with E-state index in [4.69, 9.17) is 10.8 Å². The molecule has 5 heterocycles. The van der Waals surface area contributed by atoms with Crippen molar-refractivity contribution in [2.24, 2.45) is 22.6 Å². The van der Waals surface area contributed by atoms with Gasteiger partial charge in [0.2, 0.25) is 0 Å². The number of aliphatic imine (C=N–C) groups is 1. The molecule has 2 N–H and O–H groups in total. The minimum atomic E-state index is -0.180. The number of amides is 2. The number of piperidine rings is 1. The fraction of sp³-hybridized carbons (Fsp3) is 0.314. The van der Waals surface area contributed by atoms with E-state index in [2.05, 4.69) is 46.8 Å². The summed E-state index contributed by atoms with van der Waals surface area (Å²) in [5.74, 6) is 0.955. The van der Waals surface area contributed by atoms with Gasteiger partial charge in [-0.3, -0.25) is 9.59 Å². The second-order valence-corrected chi connectivity index (χ2v) is 12.9. The lowest BCUT2D eigenvalue weighted by Crippen LogP contribution is -2.41. The molecule has 2 bridgehead atoms. The molecule has 4 aliphatic rings. The first-order valence-electron chi connectivity index (χ1n) is 15.3. The minimum Gasteiger partial charge on any atom is -0.339 e. The van der Waals surface area contributed by atoms with Crippen LogP contribution in [-0.2, 0) is 6.54 Å². The third-order valence-electron chi connectivity index (χ3n) is 10.3. The van der Waals surface area contributed by atoms with Gasteiger partial charge in [-0.1, -0.05) is 24.3 Å². The number of pyridine rings is 1. The zero-order chi connectivity index (χ0) is 29.0. The van der Waals surface area contributed by atoms with E-state index in [-0.39, 0.29) is 23.9 Å². The van der Waals surface area contributed by atoms with Gasteiger partial charge in [0, 0.05) is 59.6 Å². The van der Waals surface area contributed by atoms with Crippen LogP contribution in [0.1, 0.15) is 57.5 Å². The molecule has 2 aliphatic heterocycles. The second kappa shape index (κ2) is 8.97. The van der Waals surface area contributed by atoms with Crippen molar-refractivity contribution in [2.45, 2.75) is 51.2 Å². The zero-order valence-corrected chi connectivity index (χ0v) is 24.0. The minimum absolute atomic E-state index is 0.0504. The molecule has 3 atom stereocenters. The molecule has 2 amide bonds. The van der Waals surface area contributed by atoms with Gasteiger partial charge in [0.05, 0.1) is 22.3 Å². The number of carbonyl (C=O) groups is 2. The summed E-state index contributed by atoms with van der Waals surface area (Å²) >= 11 is 0. The highest BCUT2D eigenvalue weighted by atomic mass is 16.2. The number of likely N-dealkylation sites (tertiary alicyclic amines) is 1. The summed E-state index contributed by atoms with van der Waals surface area (Å²) in [5, 5.41) is 6.24. The monoisotopic (exact) mass is 568 g/mol. The van der Waals surface area contributed by atoms with Gasteiger partial charge in [0.25, 0.3) is 11.8 Å². The Balaban J connectivity index is 1.12. The summed E-state index contributed by atoms with van der Waals surface area (Å²) in [5.41, 5.74) is 15.9. The van der Waals surface area contributed by atoms with Crippen LogP contribution in [0.25, 0.3) is 38.9 Å². The Morgan fingerprint density at radius 3 is 2.60 bits per heavy atom. The Bertz CT molecular complexity index is 2050. The van der Waals surface area contributed by atoms with E-state index in [1.54, 1.807) is 6.21 Å². The van der Waals surface area contributed by atoms with Gasteiger partial charge in [-0.05, 0) is 85.9 Å². The molecule has 0 spiro atoms. The molecule has 5 aromatic rings. The Morgan fingerprint density at radius 1 is 0.977 bits per heavy atom. The molecule has 2 saturated carbocycles. The molecule has 8 nitrogen and oxygen atoms in total. The van der Waals surface area contributed by atoms with Crippen molar-refractivity contribution in [1.82, 2.24) is 19.1 Å². The van der Waals surface area contributed by atoms with Crippen molar-refractivity contribution >= 4 is 34.4 Å². The van der Waals surface area contributed by atoms with Crippen LogP contribution in [-0.4, -0.2) is 55.7 Å². The van der Waals surface area contributed by atoms with Crippen molar-refractivity contribution < 1.29 is 9.59 Å². The van der Waals surface area contributed by atoms with Crippen LogP contribution in [0.4, 0.5) is 0 Å². The molecule has 2 unspecified atom stereocenters. The molecule has 43 heavy (non-hydrogen) atoms. The predicted molar refractivity (Wildman–Crippen MR) is 166 cm³/mol. The fourth-order valence-electron chi connectivity index (χ4n) is 7.61. The van der Waals surface area contributed by atoms with Gasteiger partial charge in [0.1, 0.15) is 5.69 Å². The van der Waals surface area contributed by atoms with E-state index >= 15 is 0 Å². The Morgan fingerprint density at radius 2 is 1.81 bits per heavy atom. The lowest BCUT2D eigenvalue weighted by molar-refractivity contribution is 0.0700.